The first kappa shape index (κ1) is 37.1. The van der Waals surface area contributed by atoms with Gasteiger partial charge in [-0.05, 0) is 84.0 Å². The molecule has 0 saturated carbocycles. The van der Waals surface area contributed by atoms with Crippen LogP contribution >= 0.6 is 0 Å². The fourth-order valence-corrected chi connectivity index (χ4v) is 8.54. The number of aryl methyl sites for hydroxylation is 2. The van der Waals surface area contributed by atoms with Crippen molar-refractivity contribution in [2.24, 2.45) is 0 Å². The number of benzene rings is 5. The Morgan fingerprint density at radius 1 is 0.333 bits per heavy atom. The van der Waals surface area contributed by atoms with Crippen molar-refractivity contribution in [2.75, 3.05) is 0 Å². The fraction of sp³-hybridized carbons (Fsp3) is 0.348. The van der Waals surface area contributed by atoms with Gasteiger partial charge in [0.2, 0.25) is 13.4 Å². The largest absolute Gasteiger partial charge is 0.242 e. The average molecular weight is 633 g/mol. The van der Waals surface area contributed by atoms with Gasteiger partial charge < -0.3 is 0 Å². The maximum atomic E-state index is 2.66. The molecule has 0 unspecified atom stereocenters. The van der Waals surface area contributed by atoms with E-state index in [4.69, 9.17) is 0 Å². The fourth-order valence-electron chi connectivity index (χ4n) is 8.54. The molecule has 9 rings (SSSR count). The molecule has 0 aliphatic carbocycles. The summed E-state index contributed by atoms with van der Waals surface area (Å²) >= 11 is 0. The molecule has 0 saturated heterocycles. The van der Waals surface area contributed by atoms with Crippen LogP contribution in [0.2, 0.25) is 0 Å². The second-order valence-corrected chi connectivity index (χ2v) is 12.2. The van der Waals surface area contributed by atoms with E-state index < -0.39 is 0 Å². The van der Waals surface area contributed by atoms with Gasteiger partial charge in [0.15, 0.2) is 0 Å². The molecular formula is C46H58B2. The van der Waals surface area contributed by atoms with Crippen molar-refractivity contribution < 1.29 is 0 Å². The third kappa shape index (κ3) is 6.36. The molecule has 0 nitrogen and oxygen atoms in total. The molecule has 48 heavy (non-hydrogen) atoms. The van der Waals surface area contributed by atoms with Crippen LogP contribution in [0.25, 0.3) is 0 Å². The Labute approximate surface area is 294 Å². The molecule has 2 heteroatoms. The van der Waals surface area contributed by atoms with Crippen LogP contribution < -0.4 is 32.8 Å². The Kier molecular flexibility index (Phi) is 12.8. The van der Waals surface area contributed by atoms with E-state index >= 15 is 0 Å². The van der Waals surface area contributed by atoms with Crippen molar-refractivity contribution in [2.45, 2.75) is 109 Å². The second-order valence-electron chi connectivity index (χ2n) is 12.2. The first-order valence-corrected chi connectivity index (χ1v) is 19.2. The first-order valence-electron chi connectivity index (χ1n) is 19.2. The summed E-state index contributed by atoms with van der Waals surface area (Å²) in [7, 11) is 0. The molecule has 4 aliphatic rings. The molecule has 248 valence electrons. The lowest BCUT2D eigenvalue weighted by molar-refractivity contribution is 1.11. The highest BCUT2D eigenvalue weighted by Gasteiger charge is 2.41. The lowest BCUT2D eigenvalue weighted by atomic mass is 9.27. The van der Waals surface area contributed by atoms with E-state index in [1.807, 2.05) is 69.2 Å². The molecule has 0 amide bonds. The third-order valence-electron chi connectivity index (χ3n) is 9.85. The maximum Gasteiger partial charge on any atom is 0.242 e. The zero-order valence-corrected chi connectivity index (χ0v) is 32.1. The van der Waals surface area contributed by atoms with Gasteiger partial charge in [-0.25, -0.2) is 0 Å². The van der Waals surface area contributed by atoms with Gasteiger partial charge in [0.05, 0.1) is 0 Å². The van der Waals surface area contributed by atoms with Gasteiger partial charge in [0, 0.05) is 0 Å². The summed E-state index contributed by atoms with van der Waals surface area (Å²) in [6, 6.07) is 33.5. The molecular weight excluding hydrogens is 574 g/mol. The SMILES string of the molecule is CC.CC.CC.CC.CC.Cc1cc2c3c(c1)Cc1cc4c(cc1B3c1ccccc1C2)B1c2ccccc2Cc2cc(C)cc(c21)C4. The van der Waals surface area contributed by atoms with Gasteiger partial charge in [-0.1, -0.05) is 198 Å². The Morgan fingerprint density at radius 2 is 0.646 bits per heavy atom. The predicted molar refractivity (Wildman–Crippen MR) is 219 cm³/mol. The number of hydrogen-bond acceptors (Lipinski definition) is 0. The lowest BCUT2D eigenvalue weighted by Gasteiger charge is -2.38. The molecule has 0 aromatic heterocycles. The van der Waals surface area contributed by atoms with Crippen LogP contribution in [0.15, 0.2) is 84.9 Å². The highest BCUT2D eigenvalue weighted by Crippen LogP contribution is 2.28. The Balaban J connectivity index is 0.000000480. The summed E-state index contributed by atoms with van der Waals surface area (Å²) < 4.78 is 0. The quantitative estimate of drug-likeness (QED) is 0.148. The van der Waals surface area contributed by atoms with Gasteiger partial charge in [0.1, 0.15) is 0 Å². The monoisotopic (exact) mass is 632 g/mol. The minimum absolute atomic E-state index is 0.345. The summed E-state index contributed by atoms with van der Waals surface area (Å²) in [5.74, 6) is 0. The van der Waals surface area contributed by atoms with Gasteiger partial charge in [0.25, 0.3) is 0 Å². The average Bonchev–Trinajstić information content (AvgIpc) is 3.14. The first-order chi connectivity index (χ1) is 23.6. The standard InChI is InChI=1S/C36H28B2.5C2H6/c1-21-11-27-15-23-7-3-5-9-31(23)37-33-20-34-26(17-25(33)18-29(13-21)35(27)37)19-30-14-22(2)12-28-16-24-8-4-6-10-32(24)38(34)36(28)30;5*1-2/h3-14,17,20H,15-16,18-19H2,1-2H3;5*1-2H3. The van der Waals surface area contributed by atoms with E-state index in [9.17, 15) is 0 Å². The molecule has 0 bridgehead atoms. The molecule has 0 spiro atoms. The smallest absolute Gasteiger partial charge is 0.0711 e. The molecule has 0 radical (unpaired) electrons. The molecule has 0 atom stereocenters. The van der Waals surface area contributed by atoms with Crippen molar-refractivity contribution in [1.82, 2.24) is 0 Å². The van der Waals surface area contributed by atoms with Crippen molar-refractivity contribution >= 4 is 46.2 Å². The normalized spacial score (nSPS) is 12.6. The zero-order valence-electron chi connectivity index (χ0n) is 32.1. The van der Waals surface area contributed by atoms with E-state index in [-0.39, 0.29) is 0 Å². The van der Waals surface area contributed by atoms with Crippen LogP contribution in [-0.2, 0) is 25.7 Å². The summed E-state index contributed by atoms with van der Waals surface area (Å²) in [4.78, 5) is 0. The molecule has 4 aliphatic heterocycles. The summed E-state index contributed by atoms with van der Waals surface area (Å²) in [6.45, 7) is 25.2. The van der Waals surface area contributed by atoms with Crippen LogP contribution in [0.3, 0.4) is 0 Å². The summed E-state index contributed by atoms with van der Waals surface area (Å²) in [5, 5.41) is 0. The highest BCUT2D eigenvalue weighted by molar-refractivity contribution is 7.00. The van der Waals surface area contributed by atoms with Crippen molar-refractivity contribution in [3.8, 4) is 0 Å². The molecule has 4 heterocycles. The van der Waals surface area contributed by atoms with Crippen molar-refractivity contribution in [1.29, 1.82) is 0 Å². The van der Waals surface area contributed by atoms with Crippen LogP contribution in [0.5, 0.6) is 0 Å². The van der Waals surface area contributed by atoms with Crippen LogP contribution in [0.1, 0.15) is 125 Å². The van der Waals surface area contributed by atoms with Gasteiger partial charge in [-0.15, -0.1) is 0 Å². The Morgan fingerprint density at radius 3 is 1.00 bits per heavy atom. The van der Waals surface area contributed by atoms with E-state index in [1.165, 1.54) is 55.4 Å². The van der Waals surface area contributed by atoms with E-state index in [0.29, 0.717) is 13.4 Å². The second kappa shape index (κ2) is 16.6. The predicted octanol–water partition coefficient (Wildman–Crippen LogP) is 8.08. The highest BCUT2D eigenvalue weighted by atomic mass is 14.3. The van der Waals surface area contributed by atoms with Crippen molar-refractivity contribution in [3.63, 3.8) is 0 Å². The van der Waals surface area contributed by atoms with E-state index in [0.717, 1.165) is 25.7 Å². The summed E-state index contributed by atoms with van der Waals surface area (Å²) in [6.07, 6.45) is 4.23. The van der Waals surface area contributed by atoms with Crippen LogP contribution in [-0.4, -0.2) is 13.4 Å². The number of rotatable bonds is 0. The van der Waals surface area contributed by atoms with Crippen LogP contribution in [0, 0.1) is 13.8 Å². The van der Waals surface area contributed by atoms with Crippen molar-refractivity contribution in [3.05, 3.63) is 141 Å². The zero-order chi connectivity index (χ0) is 35.1. The Bertz CT molecular complexity index is 1730. The molecule has 5 aromatic carbocycles. The maximum absolute atomic E-state index is 2.66. The lowest BCUT2D eigenvalue weighted by Crippen LogP contribution is -2.65. The van der Waals surface area contributed by atoms with Crippen LogP contribution in [0.4, 0.5) is 0 Å². The van der Waals surface area contributed by atoms with E-state index in [2.05, 4.69) is 98.8 Å². The van der Waals surface area contributed by atoms with Gasteiger partial charge in [-0.3, -0.25) is 0 Å². The minimum atomic E-state index is 0.345. The minimum Gasteiger partial charge on any atom is -0.0711 e. The van der Waals surface area contributed by atoms with E-state index in [1.54, 1.807) is 33.0 Å². The third-order valence-corrected chi connectivity index (χ3v) is 9.85. The molecule has 5 aromatic rings. The molecule has 0 fully saturated rings. The number of fused-ring (bicyclic) bond motifs is 8. The topological polar surface area (TPSA) is 0 Å². The number of hydrogen-bond donors (Lipinski definition) is 0. The van der Waals surface area contributed by atoms with Gasteiger partial charge in [-0.2, -0.15) is 0 Å². The molecule has 0 N–H and O–H groups in total. The Hall–Kier alpha value is -3.77. The van der Waals surface area contributed by atoms with Gasteiger partial charge >= 0.3 is 0 Å². The summed E-state index contributed by atoms with van der Waals surface area (Å²) in [5.41, 5.74) is 24.4.